The van der Waals surface area contributed by atoms with Crippen LogP contribution in [0.3, 0.4) is 0 Å². The molecule has 0 saturated heterocycles. The number of hydrogen-bond donors (Lipinski definition) is 0. The van der Waals surface area contributed by atoms with Crippen molar-refractivity contribution < 1.29 is 19.1 Å². The molecule has 0 amide bonds. The van der Waals surface area contributed by atoms with Crippen molar-refractivity contribution in [3.05, 3.63) is 0 Å². The number of carbonyl (C=O) groups is 3. The molecular weight excluding hydrogens is 256 g/mol. The van der Waals surface area contributed by atoms with Gasteiger partial charge >= 0.3 is 5.97 Å². The minimum Gasteiger partial charge on any atom is -0.469 e. The van der Waals surface area contributed by atoms with Crippen molar-refractivity contribution >= 4 is 17.5 Å². The number of Topliss-reactive ketones (excluding diaryl/α,β-unsaturated/α-hetero) is 2. The summed E-state index contributed by atoms with van der Waals surface area (Å²) in [6.45, 7) is 1.52. The summed E-state index contributed by atoms with van der Waals surface area (Å²) in [4.78, 5) is 33.0. The Bertz CT molecular complexity index is 297. The zero-order chi connectivity index (χ0) is 15.2. The van der Waals surface area contributed by atoms with Gasteiger partial charge in [0.05, 0.1) is 7.11 Å². The van der Waals surface area contributed by atoms with Crippen molar-refractivity contribution in [1.82, 2.24) is 0 Å². The summed E-state index contributed by atoms with van der Waals surface area (Å²) in [7, 11) is 1.42. The van der Waals surface area contributed by atoms with Crippen LogP contribution in [0, 0.1) is 0 Å². The summed E-state index contributed by atoms with van der Waals surface area (Å²) >= 11 is 0. The molecule has 116 valence electrons. The monoisotopic (exact) mass is 284 g/mol. The van der Waals surface area contributed by atoms with E-state index in [2.05, 4.69) is 4.74 Å². The molecule has 0 heterocycles. The van der Waals surface area contributed by atoms with Crippen LogP contribution in [-0.4, -0.2) is 24.6 Å². The van der Waals surface area contributed by atoms with Gasteiger partial charge in [-0.05, 0) is 19.8 Å². The number of ketones is 2. The van der Waals surface area contributed by atoms with E-state index >= 15 is 0 Å². The van der Waals surface area contributed by atoms with Gasteiger partial charge in [-0.3, -0.25) is 9.59 Å². The average Bonchev–Trinajstić information content (AvgIpc) is 2.42. The molecule has 0 aliphatic heterocycles. The van der Waals surface area contributed by atoms with E-state index in [0.717, 1.165) is 44.9 Å². The van der Waals surface area contributed by atoms with Crippen LogP contribution < -0.4 is 0 Å². The van der Waals surface area contributed by atoms with Crippen molar-refractivity contribution in [2.75, 3.05) is 7.11 Å². The standard InChI is InChI=1S/C16H28O4/c1-14(17)12-13-15(18)10-8-6-4-3-5-7-9-11-16(19)20-2/h3-13H2,1-2H3. The van der Waals surface area contributed by atoms with E-state index in [1.165, 1.54) is 14.0 Å². The largest absolute Gasteiger partial charge is 0.469 e. The molecule has 0 aliphatic rings. The lowest BCUT2D eigenvalue weighted by molar-refractivity contribution is -0.140. The highest BCUT2D eigenvalue weighted by Crippen LogP contribution is 2.11. The van der Waals surface area contributed by atoms with Crippen LogP contribution in [0.2, 0.25) is 0 Å². The van der Waals surface area contributed by atoms with Crippen molar-refractivity contribution in [2.24, 2.45) is 0 Å². The highest BCUT2D eigenvalue weighted by atomic mass is 16.5. The molecule has 0 fully saturated rings. The zero-order valence-electron chi connectivity index (χ0n) is 12.9. The minimum atomic E-state index is -0.130. The summed E-state index contributed by atoms with van der Waals surface area (Å²) in [6.07, 6.45) is 9.31. The fourth-order valence-electron chi connectivity index (χ4n) is 2.02. The quantitative estimate of drug-likeness (QED) is 0.383. The number of hydrogen-bond acceptors (Lipinski definition) is 4. The van der Waals surface area contributed by atoms with Crippen LogP contribution >= 0.6 is 0 Å². The van der Waals surface area contributed by atoms with Crippen LogP contribution in [-0.2, 0) is 19.1 Å². The van der Waals surface area contributed by atoms with Crippen LogP contribution in [0.5, 0.6) is 0 Å². The molecule has 0 radical (unpaired) electrons. The van der Waals surface area contributed by atoms with Crippen LogP contribution in [0.4, 0.5) is 0 Å². The molecule has 4 nitrogen and oxygen atoms in total. The van der Waals surface area contributed by atoms with E-state index in [-0.39, 0.29) is 17.5 Å². The first-order valence-corrected chi connectivity index (χ1v) is 7.64. The van der Waals surface area contributed by atoms with E-state index < -0.39 is 0 Å². The van der Waals surface area contributed by atoms with Crippen molar-refractivity contribution in [2.45, 2.75) is 77.6 Å². The Labute approximate surface area is 122 Å². The highest BCUT2D eigenvalue weighted by molar-refractivity contribution is 5.84. The molecule has 20 heavy (non-hydrogen) atoms. The van der Waals surface area contributed by atoms with Crippen LogP contribution in [0.15, 0.2) is 0 Å². The molecule has 0 aromatic rings. The Morgan fingerprint density at radius 3 is 1.70 bits per heavy atom. The summed E-state index contributed by atoms with van der Waals surface area (Å²) in [5.74, 6) is 0.164. The molecule has 0 aliphatic carbocycles. The molecule has 0 bridgehead atoms. The first-order chi connectivity index (χ1) is 9.56. The lowest BCUT2D eigenvalue weighted by Crippen LogP contribution is -2.01. The minimum absolute atomic E-state index is 0.0882. The van der Waals surface area contributed by atoms with E-state index in [1.807, 2.05) is 0 Å². The lowest BCUT2D eigenvalue weighted by atomic mass is 10.0. The number of unbranched alkanes of at least 4 members (excludes halogenated alkanes) is 6. The van der Waals surface area contributed by atoms with Gasteiger partial charge in [-0.15, -0.1) is 0 Å². The summed E-state index contributed by atoms with van der Waals surface area (Å²) in [5, 5.41) is 0. The van der Waals surface area contributed by atoms with Crippen LogP contribution in [0.25, 0.3) is 0 Å². The summed E-state index contributed by atoms with van der Waals surface area (Å²) in [6, 6.07) is 0. The first-order valence-electron chi connectivity index (χ1n) is 7.64. The number of ether oxygens (including phenoxy) is 1. The zero-order valence-corrected chi connectivity index (χ0v) is 12.9. The fraction of sp³-hybridized carbons (Fsp3) is 0.812. The lowest BCUT2D eigenvalue weighted by Gasteiger charge is -2.02. The maximum atomic E-state index is 11.4. The van der Waals surface area contributed by atoms with Gasteiger partial charge in [-0.25, -0.2) is 0 Å². The number of methoxy groups -OCH3 is 1. The topological polar surface area (TPSA) is 60.4 Å². The normalized spacial score (nSPS) is 10.3. The van der Waals surface area contributed by atoms with E-state index in [0.29, 0.717) is 25.7 Å². The van der Waals surface area contributed by atoms with Gasteiger partial charge in [-0.1, -0.05) is 32.1 Å². The van der Waals surface area contributed by atoms with E-state index in [9.17, 15) is 14.4 Å². The SMILES string of the molecule is COC(=O)CCCCCCCCCC(=O)CCC(C)=O. The van der Waals surface area contributed by atoms with Crippen molar-refractivity contribution in [1.29, 1.82) is 0 Å². The smallest absolute Gasteiger partial charge is 0.305 e. The number of carbonyl (C=O) groups excluding carboxylic acids is 3. The van der Waals surface area contributed by atoms with E-state index in [4.69, 9.17) is 0 Å². The van der Waals surface area contributed by atoms with Gasteiger partial charge in [0.1, 0.15) is 11.6 Å². The van der Waals surface area contributed by atoms with Gasteiger partial charge in [0.15, 0.2) is 0 Å². The highest BCUT2D eigenvalue weighted by Gasteiger charge is 2.03. The second-order valence-corrected chi connectivity index (χ2v) is 5.29. The third kappa shape index (κ3) is 13.2. The van der Waals surface area contributed by atoms with Crippen LogP contribution in [0.1, 0.15) is 77.6 Å². The summed E-state index contributed by atoms with van der Waals surface area (Å²) in [5.41, 5.74) is 0. The third-order valence-corrected chi connectivity index (χ3v) is 3.32. The molecule has 0 aromatic carbocycles. The predicted octanol–water partition coefficient (Wildman–Crippen LogP) is 3.61. The summed E-state index contributed by atoms with van der Waals surface area (Å²) < 4.78 is 4.57. The Hall–Kier alpha value is -1.19. The molecule has 4 heteroatoms. The first kappa shape index (κ1) is 18.8. The van der Waals surface area contributed by atoms with Gasteiger partial charge in [0.2, 0.25) is 0 Å². The second kappa shape index (κ2) is 12.8. The molecule has 0 atom stereocenters. The van der Waals surface area contributed by atoms with Gasteiger partial charge in [0, 0.05) is 25.7 Å². The molecule has 0 aromatic heterocycles. The Balaban J connectivity index is 3.22. The van der Waals surface area contributed by atoms with E-state index in [1.54, 1.807) is 0 Å². The second-order valence-electron chi connectivity index (χ2n) is 5.29. The molecule has 0 rings (SSSR count). The van der Waals surface area contributed by atoms with Gasteiger partial charge in [-0.2, -0.15) is 0 Å². The third-order valence-electron chi connectivity index (χ3n) is 3.32. The van der Waals surface area contributed by atoms with Crippen molar-refractivity contribution in [3.63, 3.8) is 0 Å². The van der Waals surface area contributed by atoms with Gasteiger partial charge in [0.25, 0.3) is 0 Å². The molecule has 0 unspecified atom stereocenters. The molecule has 0 saturated carbocycles. The molecule has 0 spiro atoms. The Kier molecular flexibility index (Phi) is 12.1. The number of esters is 1. The fourth-order valence-corrected chi connectivity index (χ4v) is 2.02. The van der Waals surface area contributed by atoms with Crippen molar-refractivity contribution in [3.8, 4) is 0 Å². The predicted molar refractivity (Wildman–Crippen MR) is 78.5 cm³/mol. The Morgan fingerprint density at radius 1 is 0.700 bits per heavy atom. The maximum absolute atomic E-state index is 11.4. The maximum Gasteiger partial charge on any atom is 0.305 e. The average molecular weight is 284 g/mol. The molecule has 0 N–H and O–H groups in total. The molecular formula is C16H28O4. The Morgan fingerprint density at radius 2 is 1.20 bits per heavy atom. The number of rotatable bonds is 13. The van der Waals surface area contributed by atoms with Gasteiger partial charge < -0.3 is 9.53 Å².